The molecule has 22 rings (SSSR count). The van der Waals surface area contributed by atoms with Crippen molar-refractivity contribution in [1.29, 1.82) is 0 Å². The number of para-hydroxylation sites is 2. The van der Waals surface area contributed by atoms with Crippen LogP contribution < -0.4 is 35.0 Å². The fourth-order valence-electron chi connectivity index (χ4n) is 15.3. The molecule has 16 aromatic carbocycles. The molecule has 20 aromatic rings. The Balaban J connectivity index is 0.000000135. The van der Waals surface area contributed by atoms with Crippen molar-refractivity contribution in [3.8, 4) is 107 Å². The summed E-state index contributed by atoms with van der Waals surface area (Å²) in [7, 11) is -1.31. The third kappa shape index (κ3) is 19.8. The third-order valence-corrected chi connectivity index (χ3v) is 22.9. The zero-order valence-corrected chi connectivity index (χ0v) is 74.5. The van der Waals surface area contributed by atoms with Crippen molar-refractivity contribution in [2.75, 3.05) is 7.15 Å². The number of benzene rings is 16. The first-order valence-corrected chi connectivity index (χ1v) is 41.7. The van der Waals surface area contributed by atoms with E-state index >= 15 is 0 Å². The fraction of sp³-hybridized carbons (Fsp3) is 0.0741. The maximum atomic E-state index is 9.96. The monoisotopic (exact) mass is 1710 g/mol. The van der Waals surface area contributed by atoms with E-state index in [1.807, 2.05) is 103 Å². The molecule has 5 heterocycles. The summed E-state index contributed by atoms with van der Waals surface area (Å²) < 4.78 is 29.9. The number of fused-ring (bicyclic) bond motifs is 9. The van der Waals surface area contributed by atoms with Crippen LogP contribution in [0.1, 0.15) is 41.6 Å². The van der Waals surface area contributed by atoms with Crippen molar-refractivity contribution >= 4 is 102 Å². The molecule has 2 aliphatic rings. The summed E-state index contributed by atoms with van der Waals surface area (Å²) in [6.07, 6.45) is 1.10. The average Bonchev–Trinajstić information content (AvgIpc) is 1.58. The summed E-state index contributed by atoms with van der Waals surface area (Å²) >= 11 is 17.5. The molecule has 0 radical (unpaired) electrons. The van der Waals surface area contributed by atoms with Gasteiger partial charge in [-0.15, -0.1) is 0 Å². The minimum atomic E-state index is -1.00. The zero-order chi connectivity index (χ0) is 85.8. The summed E-state index contributed by atoms with van der Waals surface area (Å²) in [4.78, 5) is 39.8. The second-order valence-electron chi connectivity index (χ2n) is 30.7. The van der Waals surface area contributed by atoms with Crippen molar-refractivity contribution < 1.29 is 46.1 Å². The van der Waals surface area contributed by atoms with E-state index in [1.165, 1.54) is 87.6 Å². The normalized spacial score (nSPS) is 12.5. The number of nitrogens with zero attached hydrogens (tertiary/aromatic N) is 10. The number of hydrogen-bond donors (Lipinski definition) is 0. The van der Waals surface area contributed by atoms with Crippen molar-refractivity contribution in [2.24, 2.45) is 0 Å². The van der Waals surface area contributed by atoms with E-state index in [-0.39, 0.29) is 72.6 Å². The summed E-state index contributed by atoms with van der Waals surface area (Å²) in [6.45, 7) is 8.32. The molecule has 0 N–H and O–H groups in total. The van der Waals surface area contributed by atoms with Gasteiger partial charge >= 0.3 is 36.7 Å². The molecule has 126 heavy (non-hydrogen) atoms. The van der Waals surface area contributed by atoms with Crippen LogP contribution in [0, 0.1) is 7.43 Å². The van der Waals surface area contributed by atoms with Gasteiger partial charge in [-0.2, -0.15) is 34.9 Å². The third-order valence-electron chi connectivity index (χ3n) is 22.4. The molecule has 1 aliphatic heterocycles. The molecular weight excluding hydrogens is 1630 g/mol. The van der Waals surface area contributed by atoms with Gasteiger partial charge in [0.25, 0.3) is 0 Å². The number of alkyl halides is 1. The summed E-state index contributed by atoms with van der Waals surface area (Å²) in [5.41, 5.74) is 20.0. The molecule has 12 nitrogen and oxygen atoms in total. The van der Waals surface area contributed by atoms with Crippen LogP contribution in [0.5, 0.6) is 0 Å². The van der Waals surface area contributed by atoms with Crippen LogP contribution in [0.25, 0.3) is 162 Å². The van der Waals surface area contributed by atoms with Gasteiger partial charge in [0.15, 0.2) is 29.1 Å². The largest absolute Gasteiger partial charge is 1.00 e. The van der Waals surface area contributed by atoms with Crippen LogP contribution in [0.2, 0.25) is 15.9 Å². The van der Waals surface area contributed by atoms with Gasteiger partial charge in [0.05, 0.1) is 30.8 Å². The molecule has 612 valence electrons. The topological polar surface area (TPSA) is 139 Å². The van der Waals surface area contributed by atoms with Gasteiger partial charge in [-0.05, 0) is 193 Å². The molecule has 0 bridgehead atoms. The zero-order valence-electron chi connectivity index (χ0n) is 72.2. The molecular formula is C108H85BCl3FN10NaO2-. The van der Waals surface area contributed by atoms with Crippen LogP contribution in [0.3, 0.4) is 0 Å². The quantitative estimate of drug-likeness (QED) is 0.0955. The Labute approximate surface area is 773 Å². The summed E-state index contributed by atoms with van der Waals surface area (Å²) in [5, 5.41) is 10.2. The minimum Gasteiger partial charge on any atom is -1.00 e. The summed E-state index contributed by atoms with van der Waals surface area (Å²) in [5.74, 6) is 3.50. The molecule has 0 atom stereocenters. The van der Waals surface area contributed by atoms with Crippen molar-refractivity contribution in [1.82, 2.24) is 49.4 Å². The molecule has 0 saturated carbocycles. The molecule has 0 unspecified atom stereocenters. The Bertz CT molecular complexity index is 7090. The van der Waals surface area contributed by atoms with Gasteiger partial charge in [-0.3, -0.25) is 8.96 Å². The first-order chi connectivity index (χ1) is 61.0. The fourth-order valence-corrected chi connectivity index (χ4v) is 15.8. The first kappa shape index (κ1) is 86.4. The van der Waals surface area contributed by atoms with Gasteiger partial charge in [0.1, 0.15) is 0 Å². The minimum absolute atomic E-state index is 0. The number of halogens is 4. The van der Waals surface area contributed by atoms with Crippen LogP contribution in [-0.4, -0.2) is 74.9 Å². The van der Waals surface area contributed by atoms with Crippen LogP contribution in [-0.2, 0) is 15.7 Å². The van der Waals surface area contributed by atoms with Crippen molar-refractivity contribution in [2.45, 2.75) is 45.3 Å². The number of rotatable bonds is 10. The van der Waals surface area contributed by atoms with Gasteiger partial charge in [-0.25, -0.2) is 9.97 Å². The smallest absolute Gasteiger partial charge is 1.00 e. The molecule has 1 aliphatic carbocycles. The Morgan fingerprint density at radius 1 is 0.310 bits per heavy atom. The first-order valence-electron chi connectivity index (χ1n) is 41.3. The van der Waals surface area contributed by atoms with E-state index in [9.17, 15) is 4.39 Å². The van der Waals surface area contributed by atoms with Crippen molar-refractivity contribution in [3.05, 3.63) is 423 Å². The van der Waals surface area contributed by atoms with Crippen LogP contribution in [0.15, 0.2) is 388 Å². The Kier molecular flexibility index (Phi) is 27.3. The molecule has 0 spiro atoms. The van der Waals surface area contributed by atoms with E-state index in [1.54, 1.807) is 0 Å². The number of aromatic nitrogens is 10. The second-order valence-corrected chi connectivity index (χ2v) is 31.8. The maximum absolute atomic E-state index is 9.96. The van der Waals surface area contributed by atoms with E-state index < -0.39 is 7.15 Å². The van der Waals surface area contributed by atoms with E-state index in [4.69, 9.17) is 60.4 Å². The van der Waals surface area contributed by atoms with Gasteiger partial charge in [0, 0.05) is 38.6 Å². The summed E-state index contributed by atoms with van der Waals surface area (Å²) in [6, 6.07) is 134. The predicted molar refractivity (Wildman–Crippen MR) is 516 cm³/mol. The average molecular weight is 1720 g/mol. The molecule has 4 aromatic heterocycles. The molecule has 1 fully saturated rings. The Morgan fingerprint density at radius 2 is 0.579 bits per heavy atom. The van der Waals surface area contributed by atoms with E-state index in [2.05, 4.69) is 347 Å². The van der Waals surface area contributed by atoms with Crippen LogP contribution >= 0.6 is 34.8 Å². The molecule has 0 amide bonds. The van der Waals surface area contributed by atoms with Crippen LogP contribution in [0.4, 0.5) is 4.39 Å². The Hall–Kier alpha value is -13.1. The molecule has 18 heteroatoms. The Morgan fingerprint density at radius 3 is 0.952 bits per heavy atom. The predicted octanol–water partition coefficient (Wildman–Crippen LogP) is 24.9. The van der Waals surface area contributed by atoms with Gasteiger partial charge in [-0.1, -0.05) is 358 Å². The van der Waals surface area contributed by atoms with Gasteiger partial charge in [0.2, 0.25) is 21.8 Å². The van der Waals surface area contributed by atoms with E-state index in [0.29, 0.717) is 35.1 Å². The second kappa shape index (κ2) is 39.8. The van der Waals surface area contributed by atoms with Gasteiger partial charge < -0.3 is 18.2 Å². The maximum Gasteiger partial charge on any atom is 1.00 e. The standard InChI is InChI=1S/C37H24N4.C25H16ClN3.C22H23BO2.C13H10.C9H5Cl2N3.CH3F.CH3.Na.H/c1-2-11-27(12-3-1)35-38-36(28-21-18-26(19-22-28)30-23-20-25-10-4-5-13-29(25)24-30)40-37(39-35)41-33-16-8-6-14-31(33)32-15-7-9-17-34(32)41;26-25-28-23(19-7-2-1-3-8-19)27-24(29-25)20-13-10-18(11-14-20)22-15-12-17-6-4-5-9-21(17)16-22;1-21(2)22(3,4)25-23(24-21)20-13-11-17(12-14-20)19-10-9-16-7-5-6-8-18(16)15-19;1-3-7-12-10(5-1)9-11-6-2-4-8-13(11)12;10-8-12-7(13-9(11)14-8)6-4-2-1-3-5-6;1-2;;;/h1-24H;1-16H;5-15H,1-4H3;1-8H,9H2;1-5H;1H3;1H3;;/q;;;;;;-1;+1;-1/i;;;;;1D;;;. The van der Waals surface area contributed by atoms with E-state index in [0.717, 1.165) is 61.9 Å². The molecule has 1 saturated heterocycles. The SMILES string of the molecule is CC1(C)OB(c2ccc(-c3ccc4ccccc4c3)cc2)OC1(C)C.Clc1nc(-c2ccccc2)nc(-c2ccc(-c3ccc4ccccc4c3)cc2)n1.Clc1nc(Cl)nc(-c2ccccc2)n1.[2H]CF.[CH3-].[H-].[Na+].c1ccc(-c2nc(-c3ccc(-c4ccc5ccccc5c4)cc3)nc(-n3c4ccccc4c4ccccc43)n2)cc1.c1ccc2c(c1)Cc1ccccc1-2. The number of hydrogen-bond acceptors (Lipinski definition) is 11. The van der Waals surface area contributed by atoms with Crippen molar-refractivity contribution in [3.63, 3.8) is 0 Å².